The highest BCUT2D eigenvalue weighted by molar-refractivity contribution is 7.80. The second kappa shape index (κ2) is 6.81. The lowest BCUT2D eigenvalue weighted by Crippen LogP contribution is -2.40. The topological polar surface area (TPSA) is 76.4 Å². The third kappa shape index (κ3) is 7.23. The van der Waals surface area contributed by atoms with E-state index in [0.29, 0.717) is 13.2 Å². The second-order valence-electron chi connectivity index (χ2n) is 2.06. The third-order valence-corrected chi connectivity index (χ3v) is 1.20. The van der Waals surface area contributed by atoms with Gasteiger partial charge in [-0.05, 0) is 12.2 Å². The van der Waals surface area contributed by atoms with Gasteiger partial charge in [-0.3, -0.25) is 4.79 Å². The number of nitrogens with one attached hydrogen (secondary N) is 2. The molecule has 0 aromatic rings. The maximum absolute atomic E-state index is 10.9. The van der Waals surface area contributed by atoms with Crippen molar-refractivity contribution in [3.05, 3.63) is 0 Å². The molecule has 0 radical (unpaired) electrons. The maximum atomic E-state index is 10.9. The van der Waals surface area contributed by atoms with Crippen LogP contribution in [0.3, 0.4) is 0 Å². The first-order valence-corrected chi connectivity index (χ1v) is 3.86. The van der Waals surface area contributed by atoms with Gasteiger partial charge in [-0.1, -0.05) is 0 Å². The highest BCUT2D eigenvalue weighted by Gasteiger charge is 1.98. The van der Waals surface area contributed by atoms with Crippen LogP contribution >= 0.6 is 12.2 Å². The van der Waals surface area contributed by atoms with E-state index in [4.69, 9.17) is 10.5 Å². The van der Waals surface area contributed by atoms with Gasteiger partial charge in [-0.25, -0.2) is 0 Å². The lowest BCUT2D eigenvalue weighted by atomic mass is 10.5. The van der Waals surface area contributed by atoms with E-state index in [1.54, 1.807) is 7.11 Å². The number of carbonyl (C=O) groups is 1. The van der Waals surface area contributed by atoms with Crippen LogP contribution in [0, 0.1) is 0 Å². The Balaban J connectivity index is 3.28. The average Bonchev–Trinajstić information content (AvgIpc) is 2.01. The Labute approximate surface area is 76.6 Å². The molecule has 0 aliphatic carbocycles. The summed E-state index contributed by atoms with van der Waals surface area (Å²) in [6.07, 6.45) is 0. The summed E-state index contributed by atoms with van der Waals surface area (Å²) >= 11 is 4.51. The molecule has 0 rings (SSSR count). The Morgan fingerprint density at radius 2 is 2.25 bits per heavy atom. The van der Waals surface area contributed by atoms with E-state index in [1.807, 2.05) is 0 Å². The summed E-state index contributed by atoms with van der Waals surface area (Å²) in [6.45, 7) is 1.10. The van der Waals surface area contributed by atoms with Crippen molar-refractivity contribution in [1.29, 1.82) is 0 Å². The predicted octanol–water partition coefficient (Wildman–Crippen LogP) is -1.42. The molecule has 0 spiro atoms. The molecule has 0 unspecified atom stereocenters. The molecule has 5 nitrogen and oxygen atoms in total. The van der Waals surface area contributed by atoms with Crippen LogP contribution in [0.5, 0.6) is 0 Å². The molecule has 0 saturated heterocycles. The first-order valence-electron chi connectivity index (χ1n) is 3.45. The molecule has 0 aliphatic rings. The highest BCUT2D eigenvalue weighted by atomic mass is 32.1. The fourth-order valence-corrected chi connectivity index (χ4v) is 0.595. The van der Waals surface area contributed by atoms with E-state index in [0.717, 1.165) is 0 Å². The van der Waals surface area contributed by atoms with Crippen molar-refractivity contribution < 1.29 is 9.53 Å². The minimum Gasteiger partial charge on any atom is -0.383 e. The quantitative estimate of drug-likeness (QED) is 0.367. The zero-order valence-corrected chi connectivity index (χ0v) is 7.74. The number of ether oxygens (including phenoxy) is 1. The number of amides is 1. The zero-order chi connectivity index (χ0) is 9.40. The van der Waals surface area contributed by atoms with Crippen molar-refractivity contribution >= 4 is 23.2 Å². The summed E-state index contributed by atoms with van der Waals surface area (Å²) in [5.41, 5.74) is 5.11. The van der Waals surface area contributed by atoms with Gasteiger partial charge in [0.15, 0.2) is 5.11 Å². The van der Waals surface area contributed by atoms with Gasteiger partial charge < -0.3 is 21.1 Å². The molecular weight excluding hydrogens is 178 g/mol. The van der Waals surface area contributed by atoms with Crippen LogP contribution in [0.4, 0.5) is 0 Å². The fraction of sp³-hybridized carbons (Fsp3) is 0.667. The van der Waals surface area contributed by atoms with Crippen molar-refractivity contribution in [1.82, 2.24) is 10.6 Å². The number of thiocarbonyl (C=S) groups is 1. The number of nitrogens with two attached hydrogens (primary N) is 1. The average molecular weight is 191 g/mol. The van der Waals surface area contributed by atoms with Crippen molar-refractivity contribution in [3.63, 3.8) is 0 Å². The van der Waals surface area contributed by atoms with Gasteiger partial charge in [0.1, 0.15) is 0 Å². The van der Waals surface area contributed by atoms with E-state index in [1.165, 1.54) is 0 Å². The Morgan fingerprint density at radius 3 is 2.75 bits per heavy atom. The molecule has 0 bridgehead atoms. The molecule has 0 fully saturated rings. The van der Waals surface area contributed by atoms with Gasteiger partial charge in [0.05, 0.1) is 13.2 Å². The summed E-state index contributed by atoms with van der Waals surface area (Å²) in [6, 6.07) is 0. The van der Waals surface area contributed by atoms with Crippen LogP contribution in [-0.4, -0.2) is 37.8 Å². The maximum Gasteiger partial charge on any atom is 0.239 e. The van der Waals surface area contributed by atoms with E-state index in [-0.39, 0.29) is 17.6 Å². The fourth-order valence-electron chi connectivity index (χ4n) is 0.522. The van der Waals surface area contributed by atoms with E-state index in [9.17, 15) is 4.79 Å². The number of rotatable bonds is 5. The third-order valence-electron chi connectivity index (χ3n) is 1.05. The molecule has 0 aromatic carbocycles. The Hall–Kier alpha value is -0.880. The van der Waals surface area contributed by atoms with Gasteiger partial charge in [-0.2, -0.15) is 0 Å². The molecule has 12 heavy (non-hydrogen) atoms. The highest BCUT2D eigenvalue weighted by Crippen LogP contribution is 1.67. The van der Waals surface area contributed by atoms with Crippen LogP contribution in [0.25, 0.3) is 0 Å². The summed E-state index contributed by atoms with van der Waals surface area (Å²) in [5, 5.41) is 5.25. The first kappa shape index (κ1) is 11.1. The van der Waals surface area contributed by atoms with Crippen molar-refractivity contribution in [2.45, 2.75) is 0 Å². The van der Waals surface area contributed by atoms with Crippen LogP contribution in [0.15, 0.2) is 0 Å². The van der Waals surface area contributed by atoms with Crippen LogP contribution < -0.4 is 16.4 Å². The normalized spacial score (nSPS) is 9.08. The minimum atomic E-state index is -0.153. The Bertz CT molecular complexity index is 163. The standard InChI is InChI=1S/C6H13N3O2S/c1-11-3-2-8-5(10)4-9-6(7)12/h2-4H2,1H3,(H,8,10)(H3,7,9,12). The molecule has 6 heteroatoms. The number of methoxy groups -OCH3 is 1. The summed E-state index contributed by atoms with van der Waals surface area (Å²) < 4.78 is 4.73. The zero-order valence-electron chi connectivity index (χ0n) is 6.92. The lowest BCUT2D eigenvalue weighted by molar-refractivity contribution is -0.120. The molecule has 0 saturated carbocycles. The summed E-state index contributed by atoms with van der Waals surface area (Å²) in [4.78, 5) is 10.9. The van der Waals surface area contributed by atoms with Gasteiger partial charge in [-0.15, -0.1) is 0 Å². The van der Waals surface area contributed by atoms with Crippen LogP contribution in [-0.2, 0) is 9.53 Å². The monoisotopic (exact) mass is 191 g/mol. The van der Waals surface area contributed by atoms with E-state index >= 15 is 0 Å². The number of carbonyl (C=O) groups excluding carboxylic acids is 1. The molecule has 1 amide bonds. The molecule has 4 N–H and O–H groups in total. The van der Waals surface area contributed by atoms with E-state index < -0.39 is 0 Å². The molecule has 0 aromatic heterocycles. The van der Waals surface area contributed by atoms with Crippen molar-refractivity contribution in [2.24, 2.45) is 5.73 Å². The van der Waals surface area contributed by atoms with Crippen LogP contribution in [0.1, 0.15) is 0 Å². The van der Waals surface area contributed by atoms with Crippen molar-refractivity contribution in [3.8, 4) is 0 Å². The van der Waals surface area contributed by atoms with Crippen molar-refractivity contribution in [2.75, 3.05) is 26.8 Å². The predicted molar refractivity (Wildman–Crippen MR) is 49.7 cm³/mol. The van der Waals surface area contributed by atoms with Crippen LogP contribution in [0.2, 0.25) is 0 Å². The number of hydrogen-bond acceptors (Lipinski definition) is 3. The minimum absolute atomic E-state index is 0.110. The Morgan fingerprint density at radius 1 is 1.58 bits per heavy atom. The first-order chi connectivity index (χ1) is 5.66. The number of hydrogen-bond donors (Lipinski definition) is 3. The Kier molecular flexibility index (Phi) is 6.31. The van der Waals surface area contributed by atoms with Gasteiger partial charge in [0.2, 0.25) is 5.91 Å². The molecule has 0 aliphatic heterocycles. The van der Waals surface area contributed by atoms with Gasteiger partial charge in [0.25, 0.3) is 0 Å². The summed E-state index contributed by atoms with van der Waals surface area (Å²) in [5.74, 6) is -0.153. The largest absolute Gasteiger partial charge is 0.383 e. The molecule has 70 valence electrons. The molecule has 0 heterocycles. The second-order valence-corrected chi connectivity index (χ2v) is 2.50. The molecule has 0 atom stereocenters. The molecular formula is C6H13N3O2S. The summed E-state index contributed by atoms with van der Waals surface area (Å²) in [7, 11) is 1.57. The van der Waals surface area contributed by atoms with Gasteiger partial charge >= 0.3 is 0 Å². The lowest BCUT2D eigenvalue weighted by Gasteiger charge is -2.04. The SMILES string of the molecule is COCCNC(=O)CNC(N)=S. The van der Waals surface area contributed by atoms with E-state index in [2.05, 4.69) is 22.9 Å². The smallest absolute Gasteiger partial charge is 0.239 e. The van der Waals surface area contributed by atoms with Gasteiger partial charge in [0, 0.05) is 13.7 Å².